The van der Waals surface area contributed by atoms with Crippen molar-refractivity contribution in [3.8, 4) is 0 Å². The molecule has 0 radical (unpaired) electrons. The molecule has 0 bridgehead atoms. The molecule has 1 fully saturated rings. The average molecular weight is 354 g/mol. The predicted molar refractivity (Wildman–Crippen MR) is 98.1 cm³/mol. The third-order valence-corrected chi connectivity index (χ3v) is 4.50. The highest BCUT2D eigenvalue weighted by molar-refractivity contribution is 5.93. The van der Waals surface area contributed by atoms with Crippen molar-refractivity contribution in [2.45, 2.75) is 38.8 Å². The summed E-state index contributed by atoms with van der Waals surface area (Å²) in [5.74, 6) is 0.258. The van der Waals surface area contributed by atoms with Gasteiger partial charge in [-0.05, 0) is 43.9 Å². The second-order valence-corrected chi connectivity index (χ2v) is 6.52. The number of hydrogen-bond donors (Lipinski definition) is 1. The summed E-state index contributed by atoms with van der Waals surface area (Å²) in [6.45, 7) is 3.26. The number of rotatable bonds is 5. The van der Waals surface area contributed by atoms with Gasteiger partial charge in [0.05, 0.1) is 0 Å². The van der Waals surface area contributed by atoms with Gasteiger partial charge in [-0.15, -0.1) is 12.4 Å². The molecule has 2 N–H and O–H groups in total. The van der Waals surface area contributed by atoms with Crippen molar-refractivity contribution in [2.24, 2.45) is 11.7 Å². The number of nitrogens with zero attached hydrogens (tertiary/aromatic N) is 2. The van der Waals surface area contributed by atoms with Crippen LogP contribution in [0.2, 0.25) is 0 Å². The van der Waals surface area contributed by atoms with E-state index < -0.39 is 0 Å². The lowest BCUT2D eigenvalue weighted by Crippen LogP contribution is -2.35. The van der Waals surface area contributed by atoms with E-state index in [2.05, 4.69) is 0 Å². The molecule has 134 valence electrons. The van der Waals surface area contributed by atoms with Gasteiger partial charge in [-0.25, -0.2) is 0 Å². The third-order valence-electron chi connectivity index (χ3n) is 4.50. The molecular formula is C18H28ClN3O2. The van der Waals surface area contributed by atoms with E-state index in [9.17, 15) is 9.59 Å². The SMILES string of the molecule is CCN(Cc1ccc(C(=O)N(C)C)cc1)C(=O)C1CCC(N)C1.Cl. The fourth-order valence-corrected chi connectivity index (χ4v) is 3.08. The van der Waals surface area contributed by atoms with Crippen LogP contribution in [0.15, 0.2) is 24.3 Å². The maximum Gasteiger partial charge on any atom is 0.253 e. The van der Waals surface area contributed by atoms with Crippen molar-refractivity contribution >= 4 is 24.2 Å². The van der Waals surface area contributed by atoms with Gasteiger partial charge in [-0.3, -0.25) is 9.59 Å². The van der Waals surface area contributed by atoms with E-state index in [-0.39, 0.29) is 36.2 Å². The molecule has 2 unspecified atom stereocenters. The minimum absolute atomic E-state index is 0. The van der Waals surface area contributed by atoms with E-state index in [1.807, 2.05) is 36.1 Å². The van der Waals surface area contributed by atoms with Gasteiger partial charge in [0, 0.05) is 44.7 Å². The molecule has 1 aromatic rings. The molecule has 0 spiro atoms. The van der Waals surface area contributed by atoms with Gasteiger partial charge in [0.15, 0.2) is 0 Å². The summed E-state index contributed by atoms with van der Waals surface area (Å²) in [5, 5.41) is 0. The molecule has 0 aliphatic heterocycles. The lowest BCUT2D eigenvalue weighted by Gasteiger charge is -2.24. The summed E-state index contributed by atoms with van der Waals surface area (Å²) < 4.78 is 0. The van der Waals surface area contributed by atoms with Crippen LogP contribution in [0.5, 0.6) is 0 Å². The van der Waals surface area contributed by atoms with Crippen LogP contribution < -0.4 is 5.73 Å². The van der Waals surface area contributed by atoms with Gasteiger partial charge >= 0.3 is 0 Å². The Kier molecular flexibility index (Phi) is 7.70. The first kappa shape index (κ1) is 20.5. The molecule has 2 amide bonds. The number of halogens is 1. The number of amides is 2. The average Bonchev–Trinajstić information content (AvgIpc) is 2.98. The zero-order valence-corrected chi connectivity index (χ0v) is 15.5. The lowest BCUT2D eigenvalue weighted by molar-refractivity contribution is -0.135. The van der Waals surface area contributed by atoms with Gasteiger partial charge in [0.2, 0.25) is 5.91 Å². The minimum atomic E-state index is -0.0140. The molecule has 2 rings (SSSR count). The Hall–Kier alpha value is -1.59. The molecule has 1 aliphatic rings. The lowest BCUT2D eigenvalue weighted by atomic mass is 10.1. The zero-order chi connectivity index (χ0) is 17.0. The topological polar surface area (TPSA) is 66.6 Å². The second-order valence-electron chi connectivity index (χ2n) is 6.52. The van der Waals surface area contributed by atoms with Crippen molar-refractivity contribution in [3.63, 3.8) is 0 Å². The van der Waals surface area contributed by atoms with Gasteiger partial charge in [-0.2, -0.15) is 0 Å². The quantitative estimate of drug-likeness (QED) is 0.883. The van der Waals surface area contributed by atoms with Gasteiger partial charge in [-0.1, -0.05) is 12.1 Å². The Bertz CT molecular complexity index is 560. The van der Waals surface area contributed by atoms with Crippen LogP contribution in [-0.4, -0.2) is 48.3 Å². The molecular weight excluding hydrogens is 326 g/mol. The highest BCUT2D eigenvalue weighted by Crippen LogP contribution is 2.26. The fourth-order valence-electron chi connectivity index (χ4n) is 3.08. The number of nitrogens with two attached hydrogens (primary N) is 1. The summed E-state index contributed by atoms with van der Waals surface area (Å²) >= 11 is 0. The maximum absolute atomic E-state index is 12.6. The van der Waals surface area contributed by atoms with Crippen LogP contribution in [-0.2, 0) is 11.3 Å². The summed E-state index contributed by atoms with van der Waals surface area (Å²) in [7, 11) is 3.47. The monoisotopic (exact) mass is 353 g/mol. The normalized spacial score (nSPS) is 19.5. The van der Waals surface area contributed by atoms with Crippen LogP contribution in [0.4, 0.5) is 0 Å². The van der Waals surface area contributed by atoms with Crippen molar-refractivity contribution in [1.82, 2.24) is 9.80 Å². The molecule has 1 saturated carbocycles. The molecule has 2 atom stereocenters. The zero-order valence-electron chi connectivity index (χ0n) is 14.7. The Morgan fingerprint density at radius 1 is 1.17 bits per heavy atom. The molecule has 0 aromatic heterocycles. The van der Waals surface area contributed by atoms with E-state index in [1.165, 1.54) is 0 Å². The van der Waals surface area contributed by atoms with Gasteiger partial charge in [0.1, 0.15) is 0 Å². The maximum atomic E-state index is 12.6. The highest BCUT2D eigenvalue weighted by atomic mass is 35.5. The smallest absolute Gasteiger partial charge is 0.253 e. The van der Waals surface area contributed by atoms with Crippen LogP contribution in [0.3, 0.4) is 0 Å². The summed E-state index contributed by atoms with van der Waals surface area (Å²) in [6.07, 6.45) is 2.63. The largest absolute Gasteiger partial charge is 0.345 e. The van der Waals surface area contributed by atoms with Crippen molar-refractivity contribution < 1.29 is 9.59 Å². The number of benzene rings is 1. The minimum Gasteiger partial charge on any atom is -0.345 e. The first-order valence-electron chi connectivity index (χ1n) is 8.27. The Morgan fingerprint density at radius 2 is 1.79 bits per heavy atom. The molecule has 6 heteroatoms. The van der Waals surface area contributed by atoms with E-state index in [1.54, 1.807) is 19.0 Å². The Morgan fingerprint density at radius 3 is 2.25 bits per heavy atom. The first-order valence-corrected chi connectivity index (χ1v) is 8.27. The molecule has 1 aromatic carbocycles. The van der Waals surface area contributed by atoms with Crippen molar-refractivity contribution in [1.29, 1.82) is 0 Å². The standard InChI is InChI=1S/C18H27N3O2.ClH/c1-4-21(18(23)15-9-10-16(19)11-15)12-13-5-7-14(8-6-13)17(22)20(2)3;/h5-8,15-16H,4,9-12,19H2,1-3H3;1H. The molecule has 5 nitrogen and oxygen atoms in total. The number of carbonyl (C=O) groups is 2. The summed E-state index contributed by atoms with van der Waals surface area (Å²) in [4.78, 5) is 27.9. The molecule has 0 saturated heterocycles. The highest BCUT2D eigenvalue weighted by Gasteiger charge is 2.30. The van der Waals surface area contributed by atoms with E-state index >= 15 is 0 Å². The van der Waals surface area contributed by atoms with Crippen LogP contribution in [0.25, 0.3) is 0 Å². The van der Waals surface area contributed by atoms with Gasteiger partial charge in [0.25, 0.3) is 5.91 Å². The van der Waals surface area contributed by atoms with Gasteiger partial charge < -0.3 is 15.5 Å². The second kappa shape index (κ2) is 9.04. The van der Waals surface area contributed by atoms with Crippen LogP contribution in [0, 0.1) is 5.92 Å². The fraction of sp³-hybridized carbons (Fsp3) is 0.556. The molecule has 0 heterocycles. The van der Waals surface area contributed by atoms with Crippen molar-refractivity contribution in [3.05, 3.63) is 35.4 Å². The molecule has 1 aliphatic carbocycles. The third kappa shape index (κ3) is 4.95. The van der Waals surface area contributed by atoms with Crippen molar-refractivity contribution in [2.75, 3.05) is 20.6 Å². The molecule has 24 heavy (non-hydrogen) atoms. The predicted octanol–water partition coefficient (Wildman–Crippen LogP) is 2.29. The number of hydrogen-bond acceptors (Lipinski definition) is 3. The van der Waals surface area contributed by atoms with E-state index in [0.717, 1.165) is 24.8 Å². The van der Waals surface area contributed by atoms with E-state index in [4.69, 9.17) is 5.73 Å². The number of carbonyl (C=O) groups excluding carboxylic acids is 2. The van der Waals surface area contributed by atoms with Crippen LogP contribution >= 0.6 is 12.4 Å². The Labute approximate surface area is 150 Å². The Balaban J connectivity index is 0.00000288. The van der Waals surface area contributed by atoms with Crippen LogP contribution in [0.1, 0.15) is 42.1 Å². The first-order chi connectivity index (χ1) is 10.9. The summed E-state index contributed by atoms with van der Waals surface area (Å²) in [6, 6.07) is 7.65. The summed E-state index contributed by atoms with van der Waals surface area (Å²) in [5.41, 5.74) is 7.62. The van der Waals surface area contributed by atoms with E-state index in [0.29, 0.717) is 18.7 Å².